The SMILES string of the molecule is N#Cc1ccc(-c2nc(-c3ccccc3)nc(-c3ccc(Br)c4ccccc34)n2)cc1. The van der Waals surface area contributed by atoms with E-state index in [9.17, 15) is 0 Å². The summed E-state index contributed by atoms with van der Waals surface area (Å²) >= 11 is 3.64. The van der Waals surface area contributed by atoms with Crippen LogP contribution in [0.1, 0.15) is 5.56 Å². The Morgan fingerprint density at radius 3 is 1.84 bits per heavy atom. The van der Waals surface area contributed by atoms with Crippen LogP contribution >= 0.6 is 15.9 Å². The van der Waals surface area contributed by atoms with Crippen molar-refractivity contribution in [2.75, 3.05) is 0 Å². The van der Waals surface area contributed by atoms with Gasteiger partial charge in [0, 0.05) is 21.2 Å². The number of fused-ring (bicyclic) bond motifs is 1. The Kier molecular flexibility index (Phi) is 4.99. The van der Waals surface area contributed by atoms with E-state index in [-0.39, 0.29) is 0 Å². The molecular weight excluding hydrogens is 448 g/mol. The van der Waals surface area contributed by atoms with Crippen LogP contribution in [-0.2, 0) is 0 Å². The molecule has 0 saturated carbocycles. The molecule has 146 valence electrons. The van der Waals surface area contributed by atoms with Crippen molar-refractivity contribution in [1.82, 2.24) is 15.0 Å². The van der Waals surface area contributed by atoms with E-state index in [0.717, 1.165) is 31.9 Å². The lowest BCUT2D eigenvalue weighted by Gasteiger charge is -2.11. The number of benzene rings is 4. The van der Waals surface area contributed by atoms with E-state index in [1.807, 2.05) is 66.7 Å². The molecule has 0 atom stereocenters. The van der Waals surface area contributed by atoms with Crippen LogP contribution in [0.2, 0.25) is 0 Å². The van der Waals surface area contributed by atoms with Gasteiger partial charge in [-0.05, 0) is 47.2 Å². The number of rotatable bonds is 3. The van der Waals surface area contributed by atoms with E-state index in [1.165, 1.54) is 0 Å². The van der Waals surface area contributed by atoms with E-state index in [1.54, 1.807) is 12.1 Å². The molecule has 0 amide bonds. The summed E-state index contributed by atoms with van der Waals surface area (Å²) in [5.41, 5.74) is 3.29. The summed E-state index contributed by atoms with van der Waals surface area (Å²) < 4.78 is 1.02. The van der Waals surface area contributed by atoms with Crippen LogP contribution in [0.4, 0.5) is 0 Å². The molecule has 0 bridgehead atoms. The molecule has 4 aromatic carbocycles. The van der Waals surface area contributed by atoms with Crippen LogP contribution < -0.4 is 0 Å². The zero-order valence-electron chi connectivity index (χ0n) is 16.3. The fourth-order valence-electron chi connectivity index (χ4n) is 3.49. The van der Waals surface area contributed by atoms with Gasteiger partial charge in [0.05, 0.1) is 11.6 Å². The lowest BCUT2D eigenvalue weighted by molar-refractivity contribution is 1.08. The first-order valence-corrected chi connectivity index (χ1v) is 10.5. The minimum Gasteiger partial charge on any atom is -0.208 e. The molecule has 0 unspecified atom stereocenters. The van der Waals surface area contributed by atoms with E-state index in [4.69, 9.17) is 20.2 Å². The summed E-state index contributed by atoms with van der Waals surface area (Å²) in [6.07, 6.45) is 0. The third kappa shape index (κ3) is 3.70. The standard InChI is InChI=1S/C26H15BrN4/c27-23-15-14-22(20-8-4-5-9-21(20)23)26-30-24(18-6-2-1-3-7-18)29-25(31-26)19-12-10-17(16-28)11-13-19/h1-15H. The first-order chi connectivity index (χ1) is 15.2. The molecule has 5 aromatic rings. The molecule has 1 heterocycles. The van der Waals surface area contributed by atoms with E-state index >= 15 is 0 Å². The second-order valence-corrected chi connectivity index (χ2v) is 7.86. The molecule has 5 heteroatoms. The first-order valence-electron chi connectivity index (χ1n) is 9.72. The fourth-order valence-corrected chi connectivity index (χ4v) is 3.97. The van der Waals surface area contributed by atoms with Crippen molar-refractivity contribution in [2.24, 2.45) is 0 Å². The summed E-state index contributed by atoms with van der Waals surface area (Å²) in [5, 5.41) is 11.3. The third-order valence-corrected chi connectivity index (χ3v) is 5.74. The van der Waals surface area contributed by atoms with Crippen LogP contribution in [0.25, 0.3) is 44.9 Å². The summed E-state index contributed by atoms with van der Waals surface area (Å²) in [5.74, 6) is 1.79. The highest BCUT2D eigenvalue weighted by Crippen LogP contribution is 2.33. The molecule has 0 radical (unpaired) electrons. The average Bonchev–Trinajstić information content (AvgIpc) is 2.85. The highest BCUT2D eigenvalue weighted by Gasteiger charge is 2.14. The highest BCUT2D eigenvalue weighted by atomic mass is 79.9. The number of nitriles is 1. The lowest BCUT2D eigenvalue weighted by Crippen LogP contribution is -2.00. The molecule has 0 aliphatic carbocycles. The lowest BCUT2D eigenvalue weighted by atomic mass is 10.0. The van der Waals surface area contributed by atoms with Gasteiger partial charge in [-0.2, -0.15) is 5.26 Å². The molecule has 0 aliphatic heterocycles. The van der Waals surface area contributed by atoms with Gasteiger partial charge in [-0.15, -0.1) is 0 Å². The van der Waals surface area contributed by atoms with Crippen LogP contribution in [0.3, 0.4) is 0 Å². The van der Waals surface area contributed by atoms with E-state index in [0.29, 0.717) is 23.0 Å². The van der Waals surface area contributed by atoms with Gasteiger partial charge < -0.3 is 0 Å². The van der Waals surface area contributed by atoms with E-state index < -0.39 is 0 Å². The Balaban J connectivity index is 1.76. The summed E-state index contributed by atoms with van der Waals surface area (Å²) in [7, 11) is 0. The predicted molar refractivity (Wildman–Crippen MR) is 126 cm³/mol. The molecule has 0 saturated heterocycles. The molecule has 0 aliphatic rings. The largest absolute Gasteiger partial charge is 0.208 e. The molecular formula is C26H15BrN4. The fraction of sp³-hybridized carbons (Fsp3) is 0. The zero-order chi connectivity index (χ0) is 21.2. The number of nitrogens with zero attached hydrogens (tertiary/aromatic N) is 4. The molecule has 0 fully saturated rings. The van der Waals surface area contributed by atoms with Gasteiger partial charge in [-0.25, -0.2) is 15.0 Å². The molecule has 5 rings (SSSR count). The number of hydrogen-bond donors (Lipinski definition) is 0. The quantitative estimate of drug-likeness (QED) is 0.300. The van der Waals surface area contributed by atoms with Crippen LogP contribution in [-0.4, -0.2) is 15.0 Å². The number of aromatic nitrogens is 3. The van der Waals surface area contributed by atoms with Crippen molar-refractivity contribution < 1.29 is 0 Å². The highest BCUT2D eigenvalue weighted by molar-refractivity contribution is 9.10. The Bertz CT molecular complexity index is 1440. The minimum absolute atomic E-state index is 0.570. The van der Waals surface area contributed by atoms with Crippen molar-refractivity contribution in [3.8, 4) is 40.2 Å². The van der Waals surface area contributed by atoms with Gasteiger partial charge in [0.2, 0.25) is 0 Å². The maximum atomic E-state index is 9.11. The Hall–Kier alpha value is -3.88. The van der Waals surface area contributed by atoms with Gasteiger partial charge in [0.25, 0.3) is 0 Å². The van der Waals surface area contributed by atoms with Crippen molar-refractivity contribution >= 4 is 26.7 Å². The second-order valence-electron chi connectivity index (χ2n) is 7.00. The molecule has 4 nitrogen and oxygen atoms in total. The topological polar surface area (TPSA) is 62.5 Å². The molecule has 0 N–H and O–H groups in total. The summed E-state index contributed by atoms with van der Waals surface area (Å²) in [4.78, 5) is 14.4. The molecule has 0 spiro atoms. The Labute approximate surface area is 188 Å². The Morgan fingerprint density at radius 2 is 1.16 bits per heavy atom. The van der Waals surface area contributed by atoms with Gasteiger partial charge in [0.15, 0.2) is 17.5 Å². The van der Waals surface area contributed by atoms with Crippen molar-refractivity contribution in [2.45, 2.75) is 0 Å². The number of hydrogen-bond acceptors (Lipinski definition) is 4. The van der Waals surface area contributed by atoms with Gasteiger partial charge in [-0.3, -0.25) is 0 Å². The summed E-state index contributed by atoms with van der Waals surface area (Å²) in [6, 6.07) is 31.5. The van der Waals surface area contributed by atoms with E-state index in [2.05, 4.69) is 34.1 Å². The average molecular weight is 463 g/mol. The molecule has 31 heavy (non-hydrogen) atoms. The maximum absolute atomic E-state index is 9.11. The smallest absolute Gasteiger partial charge is 0.164 e. The normalized spacial score (nSPS) is 10.7. The number of halogens is 1. The van der Waals surface area contributed by atoms with Gasteiger partial charge in [0.1, 0.15) is 0 Å². The van der Waals surface area contributed by atoms with Crippen LogP contribution in [0.5, 0.6) is 0 Å². The van der Waals surface area contributed by atoms with Crippen LogP contribution in [0.15, 0.2) is 95.5 Å². The zero-order valence-corrected chi connectivity index (χ0v) is 17.9. The summed E-state index contributed by atoms with van der Waals surface area (Å²) in [6.45, 7) is 0. The van der Waals surface area contributed by atoms with Gasteiger partial charge >= 0.3 is 0 Å². The van der Waals surface area contributed by atoms with Gasteiger partial charge in [-0.1, -0.05) is 70.5 Å². The first kappa shape index (κ1) is 19.1. The van der Waals surface area contributed by atoms with Crippen LogP contribution in [0, 0.1) is 11.3 Å². The minimum atomic E-state index is 0.570. The molecule has 1 aromatic heterocycles. The predicted octanol–water partition coefficient (Wildman–Crippen LogP) is 6.66. The third-order valence-electron chi connectivity index (χ3n) is 5.05. The monoisotopic (exact) mass is 462 g/mol. The second kappa shape index (κ2) is 8.10. The van der Waals surface area contributed by atoms with Crippen molar-refractivity contribution in [1.29, 1.82) is 5.26 Å². The van der Waals surface area contributed by atoms with Crippen molar-refractivity contribution in [3.63, 3.8) is 0 Å². The Morgan fingerprint density at radius 1 is 0.581 bits per heavy atom. The van der Waals surface area contributed by atoms with Crippen molar-refractivity contribution in [3.05, 3.63) is 101 Å². The maximum Gasteiger partial charge on any atom is 0.164 e.